The van der Waals surface area contributed by atoms with Crippen LogP contribution in [0.1, 0.15) is 43.1 Å². The van der Waals surface area contributed by atoms with Crippen LogP contribution in [-0.2, 0) is 9.59 Å². The molecule has 24 heavy (non-hydrogen) atoms. The Labute approximate surface area is 140 Å². The molecule has 0 bridgehead atoms. The first-order valence-corrected chi connectivity index (χ1v) is 7.98. The number of rotatable bonds is 6. The topological polar surface area (TPSA) is 96.8 Å². The lowest BCUT2D eigenvalue weighted by Gasteiger charge is -2.20. The fourth-order valence-corrected chi connectivity index (χ4v) is 2.47. The molecule has 8 nitrogen and oxygen atoms in total. The van der Waals surface area contributed by atoms with E-state index in [4.69, 9.17) is 5.73 Å². The van der Waals surface area contributed by atoms with Gasteiger partial charge in [0.05, 0.1) is 23.3 Å². The van der Waals surface area contributed by atoms with Crippen LogP contribution in [0.2, 0.25) is 0 Å². The molecule has 2 aromatic rings. The number of carbonyl (C=O) groups excluding carboxylic acids is 2. The third kappa shape index (κ3) is 3.09. The van der Waals surface area contributed by atoms with Gasteiger partial charge in [0.1, 0.15) is 6.54 Å². The highest BCUT2D eigenvalue weighted by atomic mass is 16.2. The van der Waals surface area contributed by atoms with Crippen molar-refractivity contribution < 1.29 is 9.59 Å². The number of likely N-dealkylation sites (N-methyl/N-ethyl adjacent to an activating group) is 1. The van der Waals surface area contributed by atoms with Crippen molar-refractivity contribution in [2.75, 3.05) is 25.5 Å². The SMILES string of the molecule is CC(N)c1cn2nc(C3CC3)cc(N(C=O)CC(=O)N(C)C)c2n1. The van der Waals surface area contributed by atoms with Crippen LogP contribution >= 0.6 is 0 Å². The smallest absolute Gasteiger partial charge is 0.242 e. The molecule has 128 valence electrons. The second kappa shape index (κ2) is 6.20. The average Bonchev–Trinajstić information content (AvgIpc) is 3.29. The van der Waals surface area contributed by atoms with E-state index < -0.39 is 0 Å². The van der Waals surface area contributed by atoms with Gasteiger partial charge in [-0.05, 0) is 25.8 Å². The summed E-state index contributed by atoms with van der Waals surface area (Å²) in [5.74, 6) is 0.247. The lowest BCUT2D eigenvalue weighted by atomic mass is 10.2. The predicted octanol–water partition coefficient (Wildman–Crippen LogP) is 0.677. The predicted molar refractivity (Wildman–Crippen MR) is 89.7 cm³/mol. The van der Waals surface area contributed by atoms with Crippen LogP contribution in [-0.4, -0.2) is 52.5 Å². The molecule has 0 aromatic carbocycles. The van der Waals surface area contributed by atoms with Crippen molar-refractivity contribution in [1.82, 2.24) is 19.5 Å². The minimum Gasteiger partial charge on any atom is -0.347 e. The number of nitrogens with zero attached hydrogens (tertiary/aromatic N) is 5. The summed E-state index contributed by atoms with van der Waals surface area (Å²) < 4.78 is 1.66. The van der Waals surface area contributed by atoms with E-state index in [1.807, 2.05) is 13.0 Å². The maximum absolute atomic E-state index is 12.0. The Morgan fingerprint density at radius 1 is 1.50 bits per heavy atom. The van der Waals surface area contributed by atoms with Crippen molar-refractivity contribution in [2.45, 2.75) is 31.7 Å². The minimum atomic E-state index is -0.239. The summed E-state index contributed by atoms with van der Waals surface area (Å²) in [7, 11) is 3.32. The highest BCUT2D eigenvalue weighted by Crippen LogP contribution is 2.40. The molecule has 2 N–H and O–H groups in total. The van der Waals surface area contributed by atoms with E-state index in [0.29, 0.717) is 29.4 Å². The van der Waals surface area contributed by atoms with Gasteiger partial charge in [-0.15, -0.1) is 0 Å². The minimum absolute atomic E-state index is 0.0410. The molecule has 0 radical (unpaired) electrons. The largest absolute Gasteiger partial charge is 0.347 e. The first-order valence-electron chi connectivity index (χ1n) is 7.98. The number of amides is 2. The molecule has 1 fully saturated rings. The standard InChI is InChI=1S/C16H22N6O2/c1-10(17)13-7-22-16(18-13)14(6-12(19-22)11-4-5-11)21(9-23)8-15(24)20(2)3/h6-7,9-11H,4-5,8,17H2,1-3H3. The summed E-state index contributed by atoms with van der Waals surface area (Å²) in [5.41, 5.74) is 8.65. The van der Waals surface area contributed by atoms with Crippen molar-refractivity contribution in [3.63, 3.8) is 0 Å². The maximum Gasteiger partial charge on any atom is 0.242 e. The molecule has 1 aliphatic carbocycles. The van der Waals surface area contributed by atoms with Crippen LogP contribution in [0.3, 0.4) is 0 Å². The Morgan fingerprint density at radius 2 is 2.21 bits per heavy atom. The van der Waals surface area contributed by atoms with E-state index in [-0.39, 0.29) is 18.5 Å². The van der Waals surface area contributed by atoms with E-state index in [2.05, 4.69) is 10.1 Å². The zero-order chi connectivity index (χ0) is 17.4. The lowest BCUT2D eigenvalue weighted by molar-refractivity contribution is -0.128. The number of anilines is 1. The van der Waals surface area contributed by atoms with Crippen LogP contribution in [0.5, 0.6) is 0 Å². The van der Waals surface area contributed by atoms with Gasteiger partial charge in [0.25, 0.3) is 0 Å². The first-order chi connectivity index (χ1) is 11.4. The van der Waals surface area contributed by atoms with E-state index in [1.165, 1.54) is 9.80 Å². The van der Waals surface area contributed by atoms with Gasteiger partial charge in [0.15, 0.2) is 5.65 Å². The molecule has 1 aliphatic rings. The lowest BCUT2D eigenvalue weighted by Crippen LogP contribution is -2.36. The highest BCUT2D eigenvalue weighted by molar-refractivity contribution is 5.92. The van der Waals surface area contributed by atoms with Gasteiger partial charge in [-0.2, -0.15) is 5.10 Å². The molecule has 0 aliphatic heterocycles. The number of aromatic nitrogens is 3. The third-order valence-electron chi connectivity index (χ3n) is 4.15. The van der Waals surface area contributed by atoms with Gasteiger partial charge >= 0.3 is 0 Å². The maximum atomic E-state index is 12.0. The fraction of sp³-hybridized carbons (Fsp3) is 0.500. The molecule has 1 saturated carbocycles. The molecule has 8 heteroatoms. The van der Waals surface area contributed by atoms with Gasteiger partial charge in [-0.1, -0.05) is 0 Å². The van der Waals surface area contributed by atoms with Crippen LogP contribution in [0.25, 0.3) is 5.65 Å². The number of hydrogen-bond acceptors (Lipinski definition) is 5. The zero-order valence-corrected chi connectivity index (χ0v) is 14.1. The summed E-state index contributed by atoms with van der Waals surface area (Å²) >= 11 is 0. The zero-order valence-electron chi connectivity index (χ0n) is 14.1. The molecule has 2 amide bonds. The van der Waals surface area contributed by atoms with Crippen molar-refractivity contribution in [2.24, 2.45) is 5.73 Å². The Balaban J connectivity index is 2.08. The number of fused-ring (bicyclic) bond motifs is 1. The van der Waals surface area contributed by atoms with Crippen LogP contribution in [0.4, 0.5) is 5.69 Å². The Bertz CT molecular complexity index is 778. The fourth-order valence-electron chi connectivity index (χ4n) is 2.47. The molecule has 0 saturated heterocycles. The molecule has 2 heterocycles. The molecular weight excluding hydrogens is 308 g/mol. The van der Waals surface area contributed by atoms with Gasteiger partial charge in [0.2, 0.25) is 12.3 Å². The van der Waals surface area contributed by atoms with Crippen molar-refractivity contribution >= 4 is 23.7 Å². The highest BCUT2D eigenvalue weighted by Gasteiger charge is 2.28. The molecule has 2 aromatic heterocycles. The van der Waals surface area contributed by atoms with Crippen LogP contribution < -0.4 is 10.6 Å². The van der Waals surface area contributed by atoms with E-state index in [1.54, 1.807) is 24.8 Å². The summed E-state index contributed by atoms with van der Waals surface area (Å²) in [6.07, 6.45) is 4.62. The van der Waals surface area contributed by atoms with E-state index >= 15 is 0 Å². The van der Waals surface area contributed by atoms with Crippen molar-refractivity contribution in [3.8, 4) is 0 Å². The number of carbonyl (C=O) groups is 2. The van der Waals surface area contributed by atoms with Gasteiger partial charge in [0, 0.05) is 26.1 Å². The first kappa shape index (κ1) is 16.4. The second-order valence-corrected chi connectivity index (χ2v) is 6.47. The normalized spacial score (nSPS) is 15.3. The summed E-state index contributed by atoms with van der Waals surface area (Å²) in [4.78, 5) is 31.0. The molecule has 1 atom stereocenters. The molecule has 1 unspecified atom stereocenters. The third-order valence-corrected chi connectivity index (χ3v) is 4.15. The average molecular weight is 330 g/mol. The summed E-state index contributed by atoms with van der Waals surface area (Å²) in [6.45, 7) is 1.80. The van der Waals surface area contributed by atoms with Gasteiger partial charge in [-0.3, -0.25) is 9.59 Å². The van der Waals surface area contributed by atoms with Crippen molar-refractivity contribution in [3.05, 3.63) is 23.7 Å². The summed E-state index contributed by atoms with van der Waals surface area (Å²) in [6, 6.07) is 1.62. The Kier molecular flexibility index (Phi) is 4.23. The van der Waals surface area contributed by atoms with E-state index in [9.17, 15) is 9.59 Å². The second-order valence-electron chi connectivity index (χ2n) is 6.47. The van der Waals surface area contributed by atoms with Gasteiger partial charge in [-0.25, -0.2) is 9.50 Å². The molecular formula is C16H22N6O2. The number of hydrogen-bond donors (Lipinski definition) is 1. The van der Waals surface area contributed by atoms with E-state index in [0.717, 1.165) is 18.5 Å². The molecule has 3 rings (SSSR count). The Morgan fingerprint density at radius 3 is 2.75 bits per heavy atom. The summed E-state index contributed by atoms with van der Waals surface area (Å²) in [5, 5.41) is 4.59. The number of imidazole rings is 1. The van der Waals surface area contributed by atoms with Crippen molar-refractivity contribution in [1.29, 1.82) is 0 Å². The Hall–Kier alpha value is -2.48. The van der Waals surface area contributed by atoms with Gasteiger partial charge < -0.3 is 15.5 Å². The quantitative estimate of drug-likeness (QED) is 0.786. The number of nitrogens with two attached hydrogens (primary N) is 1. The monoisotopic (exact) mass is 330 g/mol. The van der Waals surface area contributed by atoms with Crippen LogP contribution in [0, 0.1) is 0 Å². The van der Waals surface area contributed by atoms with Crippen LogP contribution in [0.15, 0.2) is 12.3 Å². The molecule has 0 spiro atoms.